The zero-order chi connectivity index (χ0) is 25.4. The Balaban J connectivity index is 1.56. The number of nitriles is 2. The lowest BCUT2D eigenvalue weighted by Crippen LogP contribution is -2.03. The molecule has 0 saturated carbocycles. The van der Waals surface area contributed by atoms with Crippen LogP contribution >= 0.6 is 23.4 Å². The fourth-order valence-corrected chi connectivity index (χ4v) is 5.70. The van der Waals surface area contributed by atoms with E-state index in [4.69, 9.17) is 17.3 Å². The van der Waals surface area contributed by atoms with Crippen LogP contribution in [0.3, 0.4) is 0 Å². The first-order valence-corrected chi connectivity index (χ1v) is 12.8. The number of fused-ring (bicyclic) bond motifs is 2. The topological polar surface area (TPSA) is 91.4 Å². The molecule has 0 spiro atoms. The fraction of sp³-hybridized carbons (Fsp3) is 0.138. The number of nitrogens with two attached hydrogens (primary N) is 1. The molecule has 36 heavy (non-hydrogen) atoms. The predicted molar refractivity (Wildman–Crippen MR) is 148 cm³/mol. The van der Waals surface area contributed by atoms with Gasteiger partial charge in [-0.2, -0.15) is 10.5 Å². The van der Waals surface area contributed by atoms with Crippen molar-refractivity contribution in [1.29, 1.82) is 10.5 Å². The van der Waals surface area contributed by atoms with Gasteiger partial charge in [0.1, 0.15) is 18.0 Å². The number of para-hydroxylation sites is 1. The molecule has 2 aromatic heterocycles. The summed E-state index contributed by atoms with van der Waals surface area (Å²) in [5.74, 6) is 1.06. The molecule has 1 aliphatic carbocycles. The number of nitrogens with zero attached hydrogens (tertiary/aromatic N) is 4. The van der Waals surface area contributed by atoms with Crippen molar-refractivity contribution in [3.05, 3.63) is 93.3 Å². The smallest absolute Gasteiger partial charge is 0.142 e. The molecule has 0 fully saturated rings. The van der Waals surface area contributed by atoms with Gasteiger partial charge in [-0.15, -0.1) is 11.8 Å². The normalized spacial score (nSPS) is 13.8. The number of aromatic nitrogens is 2. The van der Waals surface area contributed by atoms with Crippen LogP contribution in [0.5, 0.6) is 0 Å². The van der Waals surface area contributed by atoms with Crippen molar-refractivity contribution >= 4 is 57.3 Å². The molecule has 2 heterocycles. The summed E-state index contributed by atoms with van der Waals surface area (Å²) in [5, 5.41) is 21.4. The van der Waals surface area contributed by atoms with Crippen molar-refractivity contribution in [3.63, 3.8) is 0 Å². The van der Waals surface area contributed by atoms with E-state index >= 15 is 0 Å². The van der Waals surface area contributed by atoms with Crippen LogP contribution in [0.4, 0.5) is 5.82 Å². The van der Waals surface area contributed by atoms with E-state index in [0.717, 1.165) is 56.1 Å². The SMILES string of the molecule is CC1=C(C#N)c2nc(N)c(C#N)c(C)c2/C1=C\c1cn(CCSc2ccc(Cl)cc2)c2ccccc12. The molecule has 7 heteroatoms. The van der Waals surface area contributed by atoms with Gasteiger partial charge < -0.3 is 10.3 Å². The van der Waals surface area contributed by atoms with E-state index in [2.05, 4.69) is 46.1 Å². The second-order valence-electron chi connectivity index (χ2n) is 8.60. The lowest BCUT2D eigenvalue weighted by molar-refractivity contribution is 0.807. The minimum Gasteiger partial charge on any atom is -0.383 e. The summed E-state index contributed by atoms with van der Waals surface area (Å²) in [7, 11) is 0. The number of pyridine rings is 1. The number of thioether (sulfide) groups is 1. The lowest BCUT2D eigenvalue weighted by atomic mass is 9.95. The number of benzene rings is 2. The number of rotatable bonds is 5. The van der Waals surface area contributed by atoms with E-state index in [1.54, 1.807) is 11.8 Å². The van der Waals surface area contributed by atoms with E-state index in [0.29, 0.717) is 16.8 Å². The highest BCUT2D eigenvalue weighted by Gasteiger charge is 2.29. The highest BCUT2D eigenvalue weighted by Crippen LogP contribution is 2.44. The highest BCUT2D eigenvalue weighted by atomic mass is 35.5. The molecule has 0 atom stereocenters. The van der Waals surface area contributed by atoms with Crippen LogP contribution < -0.4 is 5.73 Å². The lowest BCUT2D eigenvalue weighted by Gasteiger charge is -2.10. The van der Waals surface area contributed by atoms with E-state index in [9.17, 15) is 10.5 Å². The van der Waals surface area contributed by atoms with Crippen LogP contribution in [0, 0.1) is 29.6 Å². The van der Waals surface area contributed by atoms with Crippen LogP contribution in [0.15, 0.2) is 65.2 Å². The van der Waals surface area contributed by atoms with Crippen LogP contribution in [0.25, 0.3) is 28.1 Å². The van der Waals surface area contributed by atoms with E-state index in [1.807, 2.05) is 50.2 Å². The Morgan fingerprint density at radius 3 is 2.56 bits per heavy atom. The first-order chi connectivity index (χ1) is 17.4. The van der Waals surface area contributed by atoms with Crippen molar-refractivity contribution in [2.45, 2.75) is 25.3 Å². The molecule has 2 aromatic carbocycles. The quantitative estimate of drug-likeness (QED) is 0.291. The van der Waals surface area contributed by atoms with Crippen molar-refractivity contribution in [2.24, 2.45) is 0 Å². The van der Waals surface area contributed by atoms with E-state index < -0.39 is 0 Å². The number of halogens is 1. The van der Waals surface area contributed by atoms with Crippen LogP contribution in [-0.4, -0.2) is 15.3 Å². The third-order valence-corrected chi connectivity index (χ3v) is 7.76. The molecule has 5 nitrogen and oxygen atoms in total. The second-order valence-corrected chi connectivity index (χ2v) is 10.2. The third-order valence-electron chi connectivity index (χ3n) is 6.52. The van der Waals surface area contributed by atoms with Crippen LogP contribution in [-0.2, 0) is 6.54 Å². The maximum absolute atomic E-state index is 9.86. The molecule has 0 radical (unpaired) electrons. The Bertz CT molecular complexity index is 1660. The minimum absolute atomic E-state index is 0.158. The zero-order valence-corrected chi connectivity index (χ0v) is 21.4. The fourth-order valence-electron chi connectivity index (χ4n) is 4.72. The maximum Gasteiger partial charge on any atom is 0.142 e. The van der Waals surface area contributed by atoms with Gasteiger partial charge in [0.05, 0.1) is 16.8 Å². The molecule has 0 amide bonds. The predicted octanol–water partition coefficient (Wildman–Crippen LogP) is 7.10. The Labute approximate surface area is 219 Å². The third kappa shape index (κ3) is 4.05. The van der Waals surface area contributed by atoms with Gasteiger partial charge in [-0.1, -0.05) is 29.8 Å². The molecule has 2 N–H and O–H groups in total. The van der Waals surface area contributed by atoms with Crippen molar-refractivity contribution in [2.75, 3.05) is 11.5 Å². The molecular weight excluding hydrogens is 486 g/mol. The molecule has 4 aromatic rings. The molecule has 176 valence electrons. The summed E-state index contributed by atoms with van der Waals surface area (Å²) in [5.41, 5.74) is 13.0. The van der Waals surface area contributed by atoms with Gasteiger partial charge in [0.25, 0.3) is 0 Å². The molecule has 0 unspecified atom stereocenters. The van der Waals surface area contributed by atoms with Gasteiger partial charge in [0.2, 0.25) is 0 Å². The minimum atomic E-state index is 0.158. The van der Waals surface area contributed by atoms with Crippen molar-refractivity contribution in [1.82, 2.24) is 9.55 Å². The second kappa shape index (κ2) is 9.59. The molecular formula is C29H22ClN5S. The molecule has 0 aliphatic heterocycles. The average molecular weight is 508 g/mol. The van der Waals surface area contributed by atoms with Crippen molar-refractivity contribution < 1.29 is 0 Å². The van der Waals surface area contributed by atoms with E-state index in [1.165, 1.54) is 4.90 Å². The first-order valence-electron chi connectivity index (χ1n) is 11.4. The first kappa shape index (κ1) is 23.8. The number of aryl methyl sites for hydroxylation is 1. The summed E-state index contributed by atoms with van der Waals surface area (Å²) in [4.78, 5) is 5.62. The van der Waals surface area contributed by atoms with Gasteiger partial charge in [0, 0.05) is 50.4 Å². The Kier molecular flexibility index (Phi) is 6.33. The maximum atomic E-state index is 9.86. The Hall–Kier alpha value is -3.97. The zero-order valence-electron chi connectivity index (χ0n) is 19.8. The van der Waals surface area contributed by atoms with Crippen LogP contribution in [0.1, 0.15) is 34.9 Å². The monoisotopic (exact) mass is 507 g/mol. The van der Waals surface area contributed by atoms with Crippen molar-refractivity contribution in [3.8, 4) is 12.1 Å². The average Bonchev–Trinajstić information content (AvgIpc) is 3.35. The molecule has 0 bridgehead atoms. The number of hydrogen-bond donors (Lipinski definition) is 1. The van der Waals surface area contributed by atoms with E-state index in [-0.39, 0.29) is 5.82 Å². The highest BCUT2D eigenvalue weighted by molar-refractivity contribution is 7.99. The standard InChI is InChI=1S/C29H22ClN5S/c1-17-23(27-18(2)25(15-32)29(33)34-28(27)24(17)14-31)13-19-16-35(26-6-4-3-5-22(19)26)11-12-36-21-9-7-20(30)8-10-21/h3-10,13,16H,11-12H2,1-2H3,(H2,33,34)/b23-13-. The number of anilines is 1. The summed E-state index contributed by atoms with van der Waals surface area (Å²) < 4.78 is 2.26. The van der Waals surface area contributed by atoms with Gasteiger partial charge in [-0.25, -0.2) is 4.98 Å². The molecule has 5 rings (SSSR count). The largest absolute Gasteiger partial charge is 0.383 e. The number of hydrogen-bond acceptors (Lipinski definition) is 5. The summed E-state index contributed by atoms with van der Waals surface area (Å²) in [6.45, 7) is 4.63. The summed E-state index contributed by atoms with van der Waals surface area (Å²) in [6.07, 6.45) is 4.26. The molecule has 0 saturated heterocycles. The summed E-state index contributed by atoms with van der Waals surface area (Å²) >= 11 is 7.80. The number of allylic oxidation sites excluding steroid dienone is 3. The van der Waals surface area contributed by atoms with Gasteiger partial charge in [-0.05, 0) is 67.0 Å². The Morgan fingerprint density at radius 2 is 1.83 bits per heavy atom. The number of nitrogen functional groups attached to an aromatic ring is 1. The van der Waals surface area contributed by atoms with Gasteiger partial charge in [0.15, 0.2) is 0 Å². The van der Waals surface area contributed by atoms with Gasteiger partial charge >= 0.3 is 0 Å². The molecule has 1 aliphatic rings. The van der Waals surface area contributed by atoms with Gasteiger partial charge in [-0.3, -0.25) is 0 Å². The van der Waals surface area contributed by atoms with Crippen LogP contribution in [0.2, 0.25) is 5.02 Å². The Morgan fingerprint density at radius 1 is 1.08 bits per heavy atom. The summed E-state index contributed by atoms with van der Waals surface area (Å²) in [6, 6.07) is 20.7.